The lowest BCUT2D eigenvalue weighted by molar-refractivity contribution is -0.138. The standard InChI is InChI=1S/C28H20F3N3O3/c29-28(30,31)22-8-4-2-6-18(22)15-24(35)32-19-10-12-20(13-11-19)34-23-14-9-17-5-1-3-7-21(17)27(23)33-25(36)16-26(34)37/h1-14H,15-16H2,(H,32,35)(H,33,36). The summed E-state index contributed by atoms with van der Waals surface area (Å²) in [6.07, 6.45) is -5.35. The van der Waals surface area contributed by atoms with Crippen LogP contribution in [0.15, 0.2) is 84.9 Å². The lowest BCUT2D eigenvalue weighted by atomic mass is 10.0. The van der Waals surface area contributed by atoms with E-state index in [0.717, 1.165) is 16.8 Å². The zero-order chi connectivity index (χ0) is 26.2. The molecular formula is C28H20F3N3O3. The number of anilines is 4. The molecule has 5 rings (SSSR count). The molecule has 0 saturated heterocycles. The number of fused-ring (bicyclic) bond motifs is 3. The van der Waals surface area contributed by atoms with Gasteiger partial charge in [0.1, 0.15) is 6.42 Å². The Morgan fingerprint density at radius 1 is 0.892 bits per heavy atom. The van der Waals surface area contributed by atoms with E-state index >= 15 is 0 Å². The van der Waals surface area contributed by atoms with Gasteiger partial charge in [0.05, 0.1) is 23.4 Å². The number of carbonyl (C=O) groups is 3. The van der Waals surface area contributed by atoms with Crippen LogP contribution in [0.25, 0.3) is 10.8 Å². The van der Waals surface area contributed by atoms with E-state index in [1.165, 1.54) is 23.1 Å². The molecule has 1 aliphatic heterocycles. The van der Waals surface area contributed by atoms with Gasteiger partial charge >= 0.3 is 6.18 Å². The number of halogens is 3. The molecule has 37 heavy (non-hydrogen) atoms. The molecule has 0 radical (unpaired) electrons. The number of carbonyl (C=O) groups excluding carboxylic acids is 3. The maximum atomic E-state index is 13.2. The lowest BCUT2D eigenvalue weighted by Crippen LogP contribution is -2.26. The average molecular weight is 503 g/mol. The van der Waals surface area contributed by atoms with E-state index < -0.39 is 35.9 Å². The molecule has 6 nitrogen and oxygen atoms in total. The number of hydrogen-bond donors (Lipinski definition) is 2. The quantitative estimate of drug-likeness (QED) is 0.333. The van der Waals surface area contributed by atoms with Gasteiger partial charge < -0.3 is 10.6 Å². The molecule has 3 amide bonds. The van der Waals surface area contributed by atoms with E-state index in [4.69, 9.17) is 0 Å². The van der Waals surface area contributed by atoms with Crippen LogP contribution >= 0.6 is 0 Å². The molecule has 9 heteroatoms. The summed E-state index contributed by atoms with van der Waals surface area (Å²) >= 11 is 0. The molecule has 1 heterocycles. The zero-order valence-corrected chi connectivity index (χ0v) is 19.3. The summed E-state index contributed by atoms with van der Waals surface area (Å²) in [7, 11) is 0. The fourth-order valence-corrected chi connectivity index (χ4v) is 4.42. The van der Waals surface area contributed by atoms with Gasteiger partial charge in [-0.25, -0.2) is 0 Å². The summed E-state index contributed by atoms with van der Waals surface area (Å²) in [4.78, 5) is 39.3. The van der Waals surface area contributed by atoms with Gasteiger partial charge in [-0.1, -0.05) is 48.5 Å². The van der Waals surface area contributed by atoms with E-state index in [2.05, 4.69) is 10.6 Å². The van der Waals surface area contributed by atoms with Crippen molar-refractivity contribution in [2.45, 2.75) is 19.0 Å². The van der Waals surface area contributed by atoms with Gasteiger partial charge in [0.25, 0.3) is 0 Å². The van der Waals surface area contributed by atoms with Gasteiger partial charge in [-0.05, 0) is 47.3 Å². The Labute approximate surface area is 209 Å². The summed E-state index contributed by atoms with van der Waals surface area (Å²) in [6, 6.07) is 22.4. The van der Waals surface area contributed by atoms with Crippen LogP contribution in [0.4, 0.5) is 35.9 Å². The third-order valence-electron chi connectivity index (χ3n) is 6.06. The van der Waals surface area contributed by atoms with Gasteiger partial charge in [0, 0.05) is 16.8 Å². The topological polar surface area (TPSA) is 78.5 Å². The molecule has 4 aromatic carbocycles. The van der Waals surface area contributed by atoms with Crippen molar-refractivity contribution in [2.75, 3.05) is 15.5 Å². The van der Waals surface area contributed by atoms with Crippen molar-refractivity contribution in [3.05, 3.63) is 96.1 Å². The Kier molecular flexibility index (Phi) is 6.12. The fraction of sp³-hybridized carbons (Fsp3) is 0.107. The number of benzene rings is 4. The normalized spacial score (nSPS) is 13.6. The first-order chi connectivity index (χ1) is 17.7. The predicted molar refractivity (Wildman–Crippen MR) is 135 cm³/mol. The summed E-state index contributed by atoms with van der Waals surface area (Å²) in [5.41, 5.74) is 0.881. The van der Waals surface area contributed by atoms with Gasteiger partial charge in [-0.2, -0.15) is 13.2 Å². The van der Waals surface area contributed by atoms with Crippen LogP contribution in [0.2, 0.25) is 0 Å². The number of nitrogens with zero attached hydrogens (tertiary/aromatic N) is 1. The van der Waals surface area contributed by atoms with Gasteiger partial charge in [0.2, 0.25) is 17.7 Å². The second-order valence-electron chi connectivity index (χ2n) is 8.56. The number of nitrogens with one attached hydrogen (secondary N) is 2. The Bertz CT molecular complexity index is 1530. The molecule has 0 bridgehead atoms. The highest BCUT2D eigenvalue weighted by atomic mass is 19.4. The summed E-state index contributed by atoms with van der Waals surface area (Å²) in [5, 5.41) is 7.12. The first kappa shape index (κ1) is 24.1. The second-order valence-corrected chi connectivity index (χ2v) is 8.56. The largest absolute Gasteiger partial charge is 0.416 e. The second kappa shape index (κ2) is 9.42. The summed E-state index contributed by atoms with van der Waals surface area (Å²) in [6.45, 7) is 0. The minimum Gasteiger partial charge on any atom is -0.326 e. The number of rotatable bonds is 4. The molecule has 0 spiro atoms. The maximum absolute atomic E-state index is 13.2. The molecule has 0 unspecified atom stereocenters. The highest BCUT2D eigenvalue weighted by Gasteiger charge is 2.33. The van der Waals surface area contributed by atoms with E-state index in [1.807, 2.05) is 30.3 Å². The molecule has 186 valence electrons. The van der Waals surface area contributed by atoms with Crippen molar-refractivity contribution in [1.29, 1.82) is 0 Å². The van der Waals surface area contributed by atoms with Gasteiger partial charge in [0.15, 0.2) is 0 Å². The van der Waals surface area contributed by atoms with Crippen molar-refractivity contribution >= 4 is 51.2 Å². The first-order valence-electron chi connectivity index (χ1n) is 11.4. The average Bonchev–Trinajstić information content (AvgIpc) is 2.98. The van der Waals surface area contributed by atoms with E-state index in [9.17, 15) is 27.6 Å². The third kappa shape index (κ3) is 4.88. The molecule has 0 aliphatic carbocycles. The monoisotopic (exact) mass is 503 g/mol. The Hall–Kier alpha value is -4.66. The number of amides is 3. The maximum Gasteiger partial charge on any atom is 0.416 e. The van der Waals surface area contributed by atoms with Crippen molar-refractivity contribution in [3.8, 4) is 0 Å². The van der Waals surface area contributed by atoms with Crippen LogP contribution in [0.3, 0.4) is 0 Å². The van der Waals surface area contributed by atoms with Crippen molar-refractivity contribution in [1.82, 2.24) is 0 Å². The van der Waals surface area contributed by atoms with Crippen LogP contribution in [0, 0.1) is 0 Å². The Morgan fingerprint density at radius 2 is 1.59 bits per heavy atom. The third-order valence-corrected chi connectivity index (χ3v) is 6.06. The summed E-state index contributed by atoms with van der Waals surface area (Å²) in [5.74, 6) is -1.46. The van der Waals surface area contributed by atoms with Gasteiger partial charge in [-0.3, -0.25) is 19.3 Å². The molecule has 0 saturated carbocycles. The molecule has 4 aromatic rings. The number of alkyl halides is 3. The SMILES string of the molecule is O=C(Cc1ccccc1C(F)(F)F)Nc1ccc(N2C(=O)CC(=O)Nc3c2ccc2ccccc32)cc1. The van der Waals surface area contributed by atoms with E-state index in [1.54, 1.807) is 30.3 Å². The van der Waals surface area contributed by atoms with Crippen LogP contribution < -0.4 is 15.5 Å². The molecule has 0 atom stereocenters. The highest BCUT2D eigenvalue weighted by Crippen LogP contribution is 2.40. The zero-order valence-electron chi connectivity index (χ0n) is 19.3. The molecule has 2 N–H and O–H groups in total. The van der Waals surface area contributed by atoms with Crippen LogP contribution in [0.1, 0.15) is 17.5 Å². The van der Waals surface area contributed by atoms with E-state index in [-0.39, 0.29) is 12.0 Å². The molecule has 0 fully saturated rings. The fourth-order valence-electron chi connectivity index (χ4n) is 4.42. The first-order valence-corrected chi connectivity index (χ1v) is 11.4. The van der Waals surface area contributed by atoms with Crippen LogP contribution in [-0.4, -0.2) is 17.7 Å². The number of hydrogen-bond acceptors (Lipinski definition) is 3. The molecule has 0 aromatic heterocycles. The van der Waals surface area contributed by atoms with Gasteiger partial charge in [-0.15, -0.1) is 0 Å². The summed E-state index contributed by atoms with van der Waals surface area (Å²) < 4.78 is 39.7. The Balaban J connectivity index is 1.40. The lowest BCUT2D eigenvalue weighted by Gasteiger charge is -2.23. The van der Waals surface area contributed by atoms with Crippen LogP contribution in [0.5, 0.6) is 0 Å². The van der Waals surface area contributed by atoms with Crippen molar-refractivity contribution in [2.24, 2.45) is 0 Å². The molecular weight excluding hydrogens is 483 g/mol. The smallest absolute Gasteiger partial charge is 0.326 e. The highest BCUT2D eigenvalue weighted by molar-refractivity contribution is 6.21. The molecule has 1 aliphatic rings. The van der Waals surface area contributed by atoms with Crippen molar-refractivity contribution < 1.29 is 27.6 Å². The van der Waals surface area contributed by atoms with E-state index in [0.29, 0.717) is 22.7 Å². The van der Waals surface area contributed by atoms with Crippen molar-refractivity contribution in [3.63, 3.8) is 0 Å². The Morgan fingerprint density at radius 3 is 2.35 bits per heavy atom. The van der Waals surface area contributed by atoms with Crippen LogP contribution in [-0.2, 0) is 27.0 Å². The minimum absolute atomic E-state index is 0.125. The predicted octanol–water partition coefficient (Wildman–Crippen LogP) is 6.05. The minimum atomic E-state index is -4.56.